The predicted molar refractivity (Wildman–Crippen MR) is 126 cm³/mol. The van der Waals surface area contributed by atoms with Crippen molar-refractivity contribution in [3.63, 3.8) is 0 Å². The minimum atomic E-state index is -0.302. The summed E-state index contributed by atoms with van der Waals surface area (Å²) in [4.78, 5) is 15.1. The van der Waals surface area contributed by atoms with Crippen LogP contribution in [0, 0.1) is 5.92 Å². The number of fused-ring (bicyclic) bond motifs is 4. The molecule has 4 aliphatic rings. The second kappa shape index (κ2) is 8.43. The van der Waals surface area contributed by atoms with Crippen LogP contribution in [0.5, 0.6) is 5.75 Å². The van der Waals surface area contributed by atoms with Crippen molar-refractivity contribution in [2.24, 2.45) is 5.92 Å². The van der Waals surface area contributed by atoms with E-state index in [0.29, 0.717) is 12.5 Å². The van der Waals surface area contributed by atoms with E-state index in [-0.39, 0.29) is 23.7 Å². The highest BCUT2D eigenvalue weighted by molar-refractivity contribution is 5.70. The van der Waals surface area contributed by atoms with E-state index in [0.717, 1.165) is 55.8 Å². The SMILES string of the molecule is CC(C)(C)c1cccc(-c2ccc3c(c2)OCCC3NC(=O)O[C@@H]2CN3CCC2CC3)c1. The summed E-state index contributed by atoms with van der Waals surface area (Å²) in [5.41, 5.74) is 4.75. The number of ether oxygens (including phenoxy) is 2. The van der Waals surface area contributed by atoms with Gasteiger partial charge in [0.15, 0.2) is 0 Å². The Hall–Kier alpha value is -2.53. The number of rotatable bonds is 3. The lowest BCUT2D eigenvalue weighted by Gasteiger charge is -2.44. The maximum Gasteiger partial charge on any atom is 0.407 e. The van der Waals surface area contributed by atoms with Crippen molar-refractivity contribution in [2.75, 3.05) is 26.2 Å². The van der Waals surface area contributed by atoms with E-state index in [9.17, 15) is 4.79 Å². The molecular weight excluding hydrogens is 400 g/mol. The van der Waals surface area contributed by atoms with Gasteiger partial charge in [0.2, 0.25) is 0 Å². The first-order valence-corrected chi connectivity index (χ1v) is 11.9. The van der Waals surface area contributed by atoms with Gasteiger partial charge in [-0.1, -0.05) is 57.2 Å². The number of carbonyl (C=O) groups excluding carboxylic acids is 1. The van der Waals surface area contributed by atoms with Gasteiger partial charge in [-0.05, 0) is 60.0 Å². The minimum absolute atomic E-state index is 0.0225. The fraction of sp³-hybridized carbons (Fsp3) is 0.519. The molecule has 1 amide bonds. The van der Waals surface area contributed by atoms with Crippen LogP contribution in [0.2, 0.25) is 0 Å². The average molecular weight is 435 g/mol. The summed E-state index contributed by atoms with van der Waals surface area (Å²) in [5, 5.41) is 3.11. The molecule has 0 aliphatic carbocycles. The van der Waals surface area contributed by atoms with Crippen molar-refractivity contribution in [1.29, 1.82) is 0 Å². The van der Waals surface area contributed by atoms with Gasteiger partial charge in [0.05, 0.1) is 12.6 Å². The number of nitrogens with zero attached hydrogens (tertiary/aromatic N) is 1. The number of piperidine rings is 3. The van der Waals surface area contributed by atoms with Crippen LogP contribution in [0.4, 0.5) is 4.79 Å². The molecule has 5 nitrogen and oxygen atoms in total. The highest BCUT2D eigenvalue weighted by Gasteiger charge is 2.37. The maximum absolute atomic E-state index is 12.7. The molecule has 6 rings (SSSR count). The van der Waals surface area contributed by atoms with Gasteiger partial charge in [-0.15, -0.1) is 0 Å². The number of amides is 1. The van der Waals surface area contributed by atoms with Gasteiger partial charge in [-0.25, -0.2) is 4.79 Å². The van der Waals surface area contributed by atoms with Crippen LogP contribution in [0.3, 0.4) is 0 Å². The van der Waals surface area contributed by atoms with Crippen LogP contribution in [-0.2, 0) is 10.2 Å². The molecule has 2 aromatic carbocycles. The Balaban J connectivity index is 1.30. The Labute approximate surface area is 191 Å². The van der Waals surface area contributed by atoms with Crippen LogP contribution in [0.1, 0.15) is 57.2 Å². The summed E-state index contributed by atoms with van der Waals surface area (Å²) in [6, 6.07) is 14.9. The number of nitrogens with one attached hydrogen (secondary N) is 1. The Morgan fingerprint density at radius 1 is 1.06 bits per heavy atom. The molecule has 0 radical (unpaired) electrons. The zero-order valence-electron chi connectivity index (χ0n) is 19.4. The molecule has 3 saturated heterocycles. The molecule has 1 N–H and O–H groups in total. The van der Waals surface area contributed by atoms with Gasteiger partial charge in [0.1, 0.15) is 11.9 Å². The molecule has 3 fully saturated rings. The van der Waals surface area contributed by atoms with Gasteiger partial charge in [-0.2, -0.15) is 0 Å². The van der Waals surface area contributed by atoms with E-state index in [4.69, 9.17) is 9.47 Å². The van der Waals surface area contributed by atoms with Crippen molar-refractivity contribution in [3.05, 3.63) is 53.6 Å². The third-order valence-electron chi connectivity index (χ3n) is 7.26. The zero-order valence-corrected chi connectivity index (χ0v) is 19.4. The summed E-state index contributed by atoms with van der Waals surface area (Å²) in [6.45, 7) is 10.4. The van der Waals surface area contributed by atoms with Crippen molar-refractivity contribution < 1.29 is 14.3 Å². The van der Waals surface area contributed by atoms with Gasteiger partial charge in [0, 0.05) is 18.5 Å². The molecule has 32 heavy (non-hydrogen) atoms. The highest BCUT2D eigenvalue weighted by atomic mass is 16.6. The van der Waals surface area contributed by atoms with Crippen LogP contribution >= 0.6 is 0 Å². The topological polar surface area (TPSA) is 50.8 Å². The highest BCUT2D eigenvalue weighted by Crippen LogP contribution is 2.37. The number of hydrogen-bond donors (Lipinski definition) is 1. The van der Waals surface area contributed by atoms with Crippen LogP contribution in [0.25, 0.3) is 11.1 Å². The van der Waals surface area contributed by atoms with E-state index in [1.165, 1.54) is 11.1 Å². The lowest BCUT2D eigenvalue weighted by atomic mass is 9.85. The molecule has 2 aromatic rings. The Morgan fingerprint density at radius 3 is 2.56 bits per heavy atom. The smallest absolute Gasteiger partial charge is 0.407 e. The molecule has 4 heterocycles. The first kappa shape index (κ1) is 21.3. The molecule has 170 valence electrons. The molecule has 2 bridgehead atoms. The number of carbonyl (C=O) groups is 1. The largest absolute Gasteiger partial charge is 0.493 e. The van der Waals surface area contributed by atoms with Crippen LogP contribution in [0.15, 0.2) is 42.5 Å². The van der Waals surface area contributed by atoms with E-state index in [1.54, 1.807) is 0 Å². The van der Waals surface area contributed by atoms with Gasteiger partial charge in [0.25, 0.3) is 0 Å². The standard InChI is InChI=1S/C27H34N2O3/c1-27(2,3)21-6-4-5-19(15-21)20-7-8-22-23(11-14-31-24(22)16-20)28-26(30)32-25-17-29-12-9-18(25)10-13-29/h4-8,15-16,18,23,25H,9-14,17H2,1-3H3,(H,28,30)/t23?,25-/m1/s1. The second-order valence-corrected chi connectivity index (χ2v) is 10.5. The quantitative estimate of drug-likeness (QED) is 0.713. The normalized spacial score (nSPS) is 26.7. The van der Waals surface area contributed by atoms with Crippen LogP contribution < -0.4 is 10.1 Å². The second-order valence-electron chi connectivity index (χ2n) is 10.5. The number of alkyl carbamates (subject to hydrolysis) is 1. The van der Waals surface area contributed by atoms with E-state index in [2.05, 4.69) is 73.5 Å². The van der Waals surface area contributed by atoms with Crippen molar-refractivity contribution in [3.8, 4) is 16.9 Å². The van der Waals surface area contributed by atoms with E-state index in [1.807, 2.05) is 0 Å². The third-order valence-corrected chi connectivity index (χ3v) is 7.26. The van der Waals surface area contributed by atoms with Crippen LogP contribution in [-0.4, -0.2) is 43.3 Å². The van der Waals surface area contributed by atoms with Crippen molar-refractivity contribution in [2.45, 2.75) is 57.6 Å². The van der Waals surface area contributed by atoms with Crippen molar-refractivity contribution in [1.82, 2.24) is 10.2 Å². The minimum Gasteiger partial charge on any atom is -0.493 e. The van der Waals surface area contributed by atoms with E-state index < -0.39 is 0 Å². The molecule has 2 atom stereocenters. The fourth-order valence-electron chi connectivity index (χ4n) is 5.24. The Morgan fingerprint density at radius 2 is 1.84 bits per heavy atom. The third kappa shape index (κ3) is 4.36. The number of benzene rings is 2. The summed E-state index contributed by atoms with van der Waals surface area (Å²) in [5.74, 6) is 1.36. The average Bonchev–Trinajstić information content (AvgIpc) is 2.79. The van der Waals surface area contributed by atoms with Gasteiger partial charge < -0.3 is 14.8 Å². The van der Waals surface area contributed by atoms with Gasteiger partial charge in [-0.3, -0.25) is 4.90 Å². The molecule has 0 saturated carbocycles. The Bertz CT molecular complexity index is 989. The summed E-state index contributed by atoms with van der Waals surface area (Å²) < 4.78 is 11.8. The van der Waals surface area contributed by atoms with Crippen molar-refractivity contribution >= 4 is 6.09 Å². The monoisotopic (exact) mass is 434 g/mol. The fourth-order valence-corrected chi connectivity index (χ4v) is 5.24. The first-order chi connectivity index (χ1) is 15.4. The molecule has 5 heteroatoms. The first-order valence-electron chi connectivity index (χ1n) is 11.9. The zero-order chi connectivity index (χ0) is 22.3. The molecule has 0 spiro atoms. The van der Waals surface area contributed by atoms with Gasteiger partial charge >= 0.3 is 6.09 Å². The molecular formula is C27H34N2O3. The molecule has 4 aliphatic heterocycles. The lowest BCUT2D eigenvalue weighted by molar-refractivity contribution is -0.0342. The summed E-state index contributed by atoms with van der Waals surface area (Å²) in [7, 11) is 0. The summed E-state index contributed by atoms with van der Waals surface area (Å²) in [6.07, 6.45) is 2.74. The van der Waals surface area contributed by atoms with E-state index >= 15 is 0 Å². The molecule has 0 aromatic heterocycles. The Kier molecular flexibility index (Phi) is 5.62. The number of hydrogen-bond acceptors (Lipinski definition) is 4. The summed E-state index contributed by atoms with van der Waals surface area (Å²) >= 11 is 0. The lowest BCUT2D eigenvalue weighted by Crippen LogP contribution is -2.52. The maximum atomic E-state index is 12.7. The predicted octanol–water partition coefficient (Wildman–Crippen LogP) is 5.30. The molecule has 1 unspecified atom stereocenters.